The van der Waals surface area contributed by atoms with Crippen molar-refractivity contribution in [2.24, 2.45) is 0 Å². The van der Waals surface area contributed by atoms with Gasteiger partial charge in [0, 0.05) is 11.6 Å². The van der Waals surface area contributed by atoms with Crippen molar-refractivity contribution in [1.82, 2.24) is 0 Å². The first-order valence-corrected chi connectivity index (χ1v) is 3.21. The molecule has 0 aliphatic carbocycles. The number of benzene rings is 1. The Morgan fingerprint density at radius 1 is 1.55 bits per heavy atom. The molecule has 0 saturated carbocycles. The van der Waals surface area contributed by atoms with Gasteiger partial charge in [-0.05, 0) is 6.07 Å². The molecule has 11 heavy (non-hydrogen) atoms. The highest BCUT2D eigenvalue weighted by Crippen LogP contribution is 2.15. The zero-order valence-electron chi connectivity index (χ0n) is 6.17. The van der Waals surface area contributed by atoms with E-state index in [1.807, 2.05) is 0 Å². The van der Waals surface area contributed by atoms with E-state index in [0.29, 0.717) is 5.75 Å². The van der Waals surface area contributed by atoms with Gasteiger partial charge in [-0.2, -0.15) is 0 Å². The number of ether oxygens (including phenoxy) is 1. The second-order valence-corrected chi connectivity index (χ2v) is 2.12. The average Bonchev–Trinajstić information content (AvgIpc) is 2.04. The molecule has 0 aliphatic rings. The molecule has 0 heterocycles. The van der Waals surface area contributed by atoms with E-state index < -0.39 is 5.82 Å². The third kappa shape index (κ3) is 1.68. The minimum absolute atomic E-state index is 0.282. The van der Waals surface area contributed by atoms with E-state index in [-0.39, 0.29) is 12.2 Å². The minimum atomic E-state index is -0.438. The highest BCUT2D eigenvalue weighted by atomic mass is 18.2. The van der Waals surface area contributed by atoms with Crippen LogP contribution < -0.4 is 4.74 Å². The van der Waals surface area contributed by atoms with E-state index in [0.717, 1.165) is 0 Å². The van der Waals surface area contributed by atoms with Gasteiger partial charge in [-0.25, -0.2) is 4.39 Å². The van der Waals surface area contributed by atoms with E-state index in [2.05, 4.69) is 0 Å². The highest BCUT2D eigenvalue weighted by Gasteiger charge is 2.00. The van der Waals surface area contributed by atoms with Gasteiger partial charge in [0.05, 0.1) is 13.7 Å². The number of hydrogen-bond acceptors (Lipinski definition) is 2. The summed E-state index contributed by atoms with van der Waals surface area (Å²) in [6.07, 6.45) is 0. The third-order valence-electron chi connectivity index (χ3n) is 1.43. The quantitative estimate of drug-likeness (QED) is 0.698. The molecule has 1 N–H and O–H groups in total. The fraction of sp³-hybridized carbons (Fsp3) is 0.250. The van der Waals surface area contributed by atoms with Gasteiger partial charge < -0.3 is 9.84 Å². The van der Waals surface area contributed by atoms with Gasteiger partial charge in [-0.1, -0.05) is 6.07 Å². The van der Waals surface area contributed by atoms with Crippen LogP contribution in [0.2, 0.25) is 0 Å². The van der Waals surface area contributed by atoms with Crippen LogP contribution in [-0.4, -0.2) is 12.2 Å². The predicted molar refractivity (Wildman–Crippen MR) is 38.9 cm³/mol. The Morgan fingerprint density at radius 2 is 2.27 bits per heavy atom. The Kier molecular flexibility index (Phi) is 2.44. The van der Waals surface area contributed by atoms with Gasteiger partial charge in [0.15, 0.2) is 0 Å². The molecule has 60 valence electrons. The molecular weight excluding hydrogens is 146 g/mol. The zero-order valence-corrected chi connectivity index (χ0v) is 6.17. The van der Waals surface area contributed by atoms with Gasteiger partial charge in [0.25, 0.3) is 0 Å². The maximum Gasteiger partial charge on any atom is 0.132 e. The topological polar surface area (TPSA) is 29.5 Å². The first-order chi connectivity index (χ1) is 5.27. The van der Waals surface area contributed by atoms with E-state index in [1.165, 1.54) is 19.2 Å². The van der Waals surface area contributed by atoms with E-state index >= 15 is 0 Å². The zero-order chi connectivity index (χ0) is 8.27. The maximum atomic E-state index is 12.8. The van der Waals surface area contributed by atoms with Crippen molar-refractivity contribution in [3.05, 3.63) is 29.6 Å². The van der Waals surface area contributed by atoms with Crippen LogP contribution in [0.1, 0.15) is 5.56 Å². The molecule has 0 atom stereocenters. The first-order valence-electron chi connectivity index (χ1n) is 3.21. The Labute approximate surface area is 64.2 Å². The lowest BCUT2D eigenvalue weighted by molar-refractivity contribution is 0.275. The molecule has 0 bridgehead atoms. The molecule has 0 saturated heterocycles. The van der Waals surface area contributed by atoms with Crippen molar-refractivity contribution >= 4 is 0 Å². The highest BCUT2D eigenvalue weighted by molar-refractivity contribution is 5.28. The molecule has 0 aromatic heterocycles. The number of aliphatic hydroxyl groups excluding tert-OH is 1. The molecule has 1 aromatic carbocycles. The van der Waals surface area contributed by atoms with Crippen molar-refractivity contribution in [3.8, 4) is 5.75 Å². The molecular formula is C8H9FO2. The molecule has 0 fully saturated rings. The Bertz CT molecular complexity index is 248. The lowest BCUT2D eigenvalue weighted by atomic mass is 10.2. The maximum absolute atomic E-state index is 12.8. The van der Waals surface area contributed by atoms with Gasteiger partial charge in [0.1, 0.15) is 11.6 Å². The first kappa shape index (κ1) is 8.01. The number of rotatable bonds is 2. The second-order valence-electron chi connectivity index (χ2n) is 2.12. The average molecular weight is 155 g/mol. The monoisotopic (exact) mass is 155 g/mol. The largest absolute Gasteiger partial charge is 0.497 e. The SMILES string of the molecule is COc1ccc(CO)c([18F])c1. The van der Waals surface area contributed by atoms with Gasteiger partial charge in [-0.15, -0.1) is 0 Å². The Hall–Kier alpha value is -1.09. The van der Waals surface area contributed by atoms with Crippen LogP contribution in [0.3, 0.4) is 0 Å². The summed E-state index contributed by atoms with van der Waals surface area (Å²) >= 11 is 0. The molecule has 0 amide bonds. The molecule has 3 heteroatoms. The summed E-state index contributed by atoms with van der Waals surface area (Å²) in [4.78, 5) is 0. The molecule has 1 rings (SSSR count). The lowest BCUT2D eigenvalue weighted by Crippen LogP contribution is -1.90. The third-order valence-corrected chi connectivity index (χ3v) is 1.43. The lowest BCUT2D eigenvalue weighted by Gasteiger charge is -2.01. The standard InChI is InChI=1S/C8H9FO2/c1-11-7-3-2-6(5-10)8(9)4-7/h2-4,10H,5H2,1H3/i9-1. The van der Waals surface area contributed by atoms with Crippen LogP contribution in [0.25, 0.3) is 0 Å². The van der Waals surface area contributed by atoms with Crippen LogP contribution in [0.15, 0.2) is 18.2 Å². The molecule has 0 unspecified atom stereocenters. The fourth-order valence-electron chi connectivity index (χ4n) is 0.783. The summed E-state index contributed by atoms with van der Waals surface area (Å²) in [6, 6.07) is 4.34. The second kappa shape index (κ2) is 3.34. The van der Waals surface area contributed by atoms with Crippen molar-refractivity contribution in [2.75, 3.05) is 7.11 Å². The number of halogens is 1. The van der Waals surface area contributed by atoms with E-state index in [4.69, 9.17) is 9.84 Å². The van der Waals surface area contributed by atoms with E-state index in [1.54, 1.807) is 6.07 Å². The van der Waals surface area contributed by atoms with Crippen molar-refractivity contribution in [1.29, 1.82) is 0 Å². The van der Waals surface area contributed by atoms with Crippen LogP contribution in [0, 0.1) is 5.82 Å². The van der Waals surface area contributed by atoms with Gasteiger partial charge >= 0.3 is 0 Å². The number of methoxy groups -OCH3 is 1. The van der Waals surface area contributed by atoms with Crippen LogP contribution >= 0.6 is 0 Å². The minimum Gasteiger partial charge on any atom is -0.497 e. The fourth-order valence-corrected chi connectivity index (χ4v) is 0.783. The number of hydrogen-bond donors (Lipinski definition) is 1. The molecule has 1 aromatic rings. The summed E-state index contributed by atoms with van der Waals surface area (Å²) in [5.74, 6) is 0.0200. The van der Waals surface area contributed by atoms with Crippen LogP contribution in [0.5, 0.6) is 5.75 Å². The predicted octanol–water partition coefficient (Wildman–Crippen LogP) is 1.33. The summed E-state index contributed by atoms with van der Waals surface area (Å²) in [5, 5.41) is 8.60. The van der Waals surface area contributed by atoms with Crippen molar-refractivity contribution in [3.63, 3.8) is 0 Å². The normalized spacial score (nSPS) is 9.73. The summed E-state index contributed by atoms with van der Waals surface area (Å²) in [5.41, 5.74) is 0.283. The van der Waals surface area contributed by atoms with E-state index in [9.17, 15) is 4.39 Å². The summed E-state index contributed by atoms with van der Waals surface area (Å²) in [6.45, 7) is -0.282. The number of aliphatic hydroxyl groups is 1. The van der Waals surface area contributed by atoms with Crippen molar-refractivity contribution in [2.45, 2.75) is 6.61 Å². The van der Waals surface area contributed by atoms with Crippen LogP contribution in [-0.2, 0) is 6.61 Å². The molecule has 0 aliphatic heterocycles. The smallest absolute Gasteiger partial charge is 0.132 e. The van der Waals surface area contributed by atoms with Gasteiger partial charge in [0.2, 0.25) is 0 Å². The Balaban J connectivity index is 2.99. The molecule has 0 spiro atoms. The van der Waals surface area contributed by atoms with Crippen molar-refractivity contribution < 1.29 is 14.2 Å². The Morgan fingerprint density at radius 3 is 2.73 bits per heavy atom. The van der Waals surface area contributed by atoms with Gasteiger partial charge in [-0.3, -0.25) is 0 Å². The summed E-state index contributed by atoms with van der Waals surface area (Å²) < 4.78 is 17.6. The van der Waals surface area contributed by atoms with Crippen LogP contribution in [0.4, 0.5) is 4.39 Å². The molecule has 2 nitrogen and oxygen atoms in total. The molecule has 0 radical (unpaired) electrons. The summed E-state index contributed by atoms with van der Waals surface area (Å²) in [7, 11) is 1.47.